The summed E-state index contributed by atoms with van der Waals surface area (Å²) < 4.78 is 27.7. The molecule has 8 nitrogen and oxygen atoms in total. The van der Waals surface area contributed by atoms with Crippen LogP contribution in [0.2, 0.25) is 0 Å². The lowest BCUT2D eigenvalue weighted by atomic mass is 10.1. The normalized spacial score (nSPS) is 23.1. The number of carbonyl (C=O) groups is 2. The van der Waals surface area contributed by atoms with Gasteiger partial charge in [-0.3, -0.25) is 14.5 Å². The fourth-order valence-electron chi connectivity index (χ4n) is 4.92. The molecule has 31 heavy (non-hydrogen) atoms. The van der Waals surface area contributed by atoms with Crippen molar-refractivity contribution in [2.24, 2.45) is 0 Å². The fraction of sp³-hybridized carbons (Fsp3) is 0.636. The van der Waals surface area contributed by atoms with E-state index in [0.717, 1.165) is 44.5 Å². The predicted molar refractivity (Wildman–Crippen MR) is 118 cm³/mol. The summed E-state index contributed by atoms with van der Waals surface area (Å²) in [5.74, 6) is -0.251. The van der Waals surface area contributed by atoms with Crippen LogP contribution in [0.3, 0.4) is 0 Å². The summed E-state index contributed by atoms with van der Waals surface area (Å²) in [6, 6.07) is 4.33. The molecule has 0 aliphatic carbocycles. The third-order valence-electron chi connectivity index (χ3n) is 6.74. The van der Waals surface area contributed by atoms with Crippen LogP contribution in [0.4, 0.5) is 5.69 Å². The van der Waals surface area contributed by atoms with Crippen LogP contribution in [-0.2, 0) is 26.0 Å². The van der Waals surface area contributed by atoms with Gasteiger partial charge in [0.1, 0.15) is 6.04 Å². The number of hydrogen-bond acceptors (Lipinski definition) is 5. The predicted octanol–water partition coefficient (Wildman–Crippen LogP) is 1.30. The van der Waals surface area contributed by atoms with Crippen molar-refractivity contribution < 1.29 is 18.0 Å². The quantitative estimate of drug-likeness (QED) is 0.694. The second-order valence-electron chi connectivity index (χ2n) is 8.62. The third-order valence-corrected chi connectivity index (χ3v) is 8.64. The Morgan fingerprint density at radius 3 is 2.29 bits per heavy atom. The van der Waals surface area contributed by atoms with Crippen LogP contribution >= 0.6 is 0 Å². The minimum Gasteiger partial charge on any atom is -0.338 e. The summed E-state index contributed by atoms with van der Waals surface area (Å²) in [5, 5.41) is 0. The number of sulfonamides is 1. The number of rotatable bonds is 4. The molecule has 0 radical (unpaired) electrons. The van der Waals surface area contributed by atoms with Gasteiger partial charge in [-0.1, -0.05) is 13.3 Å². The molecule has 9 heteroatoms. The van der Waals surface area contributed by atoms with Crippen LogP contribution in [0.5, 0.6) is 0 Å². The zero-order valence-corrected chi connectivity index (χ0v) is 19.2. The number of carbonyl (C=O) groups excluding carboxylic acids is 2. The first-order chi connectivity index (χ1) is 14.8. The van der Waals surface area contributed by atoms with Gasteiger partial charge in [0.15, 0.2) is 0 Å². The highest BCUT2D eigenvalue weighted by Crippen LogP contribution is 2.36. The molecule has 3 heterocycles. The summed E-state index contributed by atoms with van der Waals surface area (Å²) >= 11 is 0. The first-order valence-electron chi connectivity index (χ1n) is 11.3. The molecule has 0 aromatic heterocycles. The average molecular weight is 449 g/mol. The van der Waals surface area contributed by atoms with E-state index in [1.54, 1.807) is 27.4 Å². The van der Waals surface area contributed by atoms with Gasteiger partial charge in [0.2, 0.25) is 21.8 Å². The number of fused-ring (bicyclic) bond motifs is 1. The van der Waals surface area contributed by atoms with Crippen molar-refractivity contribution in [1.82, 2.24) is 14.1 Å². The number of benzene rings is 1. The van der Waals surface area contributed by atoms with Gasteiger partial charge in [-0.05, 0) is 43.1 Å². The Morgan fingerprint density at radius 1 is 1.00 bits per heavy atom. The van der Waals surface area contributed by atoms with Gasteiger partial charge >= 0.3 is 0 Å². The summed E-state index contributed by atoms with van der Waals surface area (Å²) in [6.45, 7) is 8.60. The molecule has 2 fully saturated rings. The number of likely N-dealkylation sites (N-methyl/N-ethyl adjacent to an activating group) is 1. The van der Waals surface area contributed by atoms with Gasteiger partial charge in [-0.15, -0.1) is 0 Å². The molecule has 2 amide bonds. The van der Waals surface area contributed by atoms with Crippen LogP contribution in [0.25, 0.3) is 0 Å². The number of piperazine rings is 1. The number of hydrogen-bond donors (Lipinski definition) is 0. The maximum atomic E-state index is 13.3. The van der Waals surface area contributed by atoms with Crippen LogP contribution in [0.15, 0.2) is 23.1 Å². The molecule has 1 aromatic carbocycles. The monoisotopic (exact) mass is 448 g/mol. The SMILES string of the molecule is CCN1CCN(C(=O)C2Cc3cc(S(=O)(=O)N4CCCCC4)ccc3N2C(C)=O)CC1. The van der Waals surface area contributed by atoms with Gasteiger partial charge in [-0.25, -0.2) is 8.42 Å². The summed E-state index contributed by atoms with van der Waals surface area (Å²) in [7, 11) is -3.56. The van der Waals surface area contributed by atoms with E-state index in [0.29, 0.717) is 38.3 Å². The van der Waals surface area contributed by atoms with Gasteiger partial charge in [0, 0.05) is 58.3 Å². The number of nitrogens with zero attached hydrogens (tertiary/aromatic N) is 4. The van der Waals surface area contributed by atoms with E-state index >= 15 is 0 Å². The lowest BCUT2D eigenvalue weighted by molar-refractivity contribution is -0.135. The van der Waals surface area contributed by atoms with E-state index in [9.17, 15) is 18.0 Å². The van der Waals surface area contributed by atoms with Gasteiger partial charge in [-0.2, -0.15) is 4.31 Å². The van der Waals surface area contributed by atoms with Crippen molar-refractivity contribution in [3.05, 3.63) is 23.8 Å². The molecule has 0 N–H and O–H groups in total. The molecular weight excluding hydrogens is 416 g/mol. The topological polar surface area (TPSA) is 81.2 Å². The zero-order valence-electron chi connectivity index (χ0n) is 18.4. The first-order valence-corrected chi connectivity index (χ1v) is 12.7. The van der Waals surface area contributed by atoms with E-state index in [1.807, 2.05) is 4.90 Å². The molecule has 0 saturated carbocycles. The lowest BCUT2D eigenvalue weighted by Crippen LogP contribution is -2.55. The Balaban J connectivity index is 1.57. The number of amides is 2. The molecule has 170 valence electrons. The van der Waals surface area contributed by atoms with E-state index in [4.69, 9.17) is 0 Å². The van der Waals surface area contributed by atoms with Crippen LogP contribution in [0.1, 0.15) is 38.7 Å². The average Bonchev–Trinajstić information content (AvgIpc) is 3.18. The van der Waals surface area contributed by atoms with Crippen LogP contribution in [0, 0.1) is 0 Å². The second-order valence-corrected chi connectivity index (χ2v) is 10.6. The minimum atomic E-state index is -3.56. The second kappa shape index (κ2) is 8.88. The van der Waals surface area contributed by atoms with Gasteiger partial charge < -0.3 is 9.80 Å². The van der Waals surface area contributed by atoms with E-state index in [1.165, 1.54) is 6.92 Å². The smallest absolute Gasteiger partial charge is 0.246 e. The lowest BCUT2D eigenvalue weighted by Gasteiger charge is -2.36. The van der Waals surface area contributed by atoms with Crippen molar-refractivity contribution in [2.75, 3.05) is 50.7 Å². The van der Waals surface area contributed by atoms with Crippen molar-refractivity contribution >= 4 is 27.5 Å². The zero-order chi connectivity index (χ0) is 22.2. The molecule has 0 bridgehead atoms. The highest BCUT2D eigenvalue weighted by Gasteiger charge is 2.40. The Morgan fingerprint density at radius 2 is 1.68 bits per heavy atom. The van der Waals surface area contributed by atoms with E-state index < -0.39 is 16.1 Å². The summed E-state index contributed by atoms with van der Waals surface area (Å²) in [4.78, 5) is 31.7. The molecule has 1 atom stereocenters. The molecule has 2 saturated heterocycles. The molecular formula is C22H32N4O4S. The number of anilines is 1. The standard InChI is InChI=1S/C22H32N4O4S/c1-3-23-11-13-24(14-12-23)22(28)21-16-18-15-19(7-8-20(18)26(21)17(2)27)31(29,30)25-9-5-4-6-10-25/h7-8,15,21H,3-6,9-14,16H2,1-2H3. The molecule has 3 aliphatic rings. The molecule has 3 aliphatic heterocycles. The largest absolute Gasteiger partial charge is 0.338 e. The Kier molecular flexibility index (Phi) is 6.37. The first kappa shape index (κ1) is 22.2. The highest BCUT2D eigenvalue weighted by molar-refractivity contribution is 7.89. The van der Waals surface area contributed by atoms with Crippen molar-refractivity contribution in [1.29, 1.82) is 0 Å². The molecule has 1 unspecified atom stereocenters. The van der Waals surface area contributed by atoms with Crippen LogP contribution < -0.4 is 4.90 Å². The van der Waals surface area contributed by atoms with Crippen molar-refractivity contribution in [3.63, 3.8) is 0 Å². The molecule has 4 rings (SSSR count). The summed E-state index contributed by atoms with van der Waals surface area (Å²) in [6.07, 6.45) is 3.17. The highest BCUT2D eigenvalue weighted by atomic mass is 32.2. The maximum Gasteiger partial charge on any atom is 0.246 e. The Hall–Kier alpha value is -1.97. The Bertz CT molecular complexity index is 950. The van der Waals surface area contributed by atoms with Crippen molar-refractivity contribution in [3.8, 4) is 0 Å². The van der Waals surface area contributed by atoms with Crippen LogP contribution in [-0.4, -0.2) is 86.2 Å². The van der Waals surface area contributed by atoms with Crippen molar-refractivity contribution in [2.45, 2.75) is 50.5 Å². The maximum absolute atomic E-state index is 13.3. The third kappa shape index (κ3) is 4.23. The van der Waals surface area contributed by atoms with E-state index in [2.05, 4.69) is 11.8 Å². The van der Waals surface area contributed by atoms with E-state index in [-0.39, 0.29) is 16.7 Å². The van der Waals surface area contributed by atoms with Gasteiger partial charge in [0.05, 0.1) is 4.90 Å². The summed E-state index contributed by atoms with van der Waals surface area (Å²) in [5.41, 5.74) is 1.40. The Labute approximate surface area is 184 Å². The molecule has 0 spiro atoms. The minimum absolute atomic E-state index is 0.0532. The number of piperidine rings is 1. The molecule has 1 aromatic rings. The fourth-order valence-corrected chi connectivity index (χ4v) is 6.49. The van der Waals surface area contributed by atoms with Gasteiger partial charge in [0.25, 0.3) is 0 Å².